The summed E-state index contributed by atoms with van der Waals surface area (Å²) in [4.78, 5) is 17.6. The van der Waals surface area contributed by atoms with Gasteiger partial charge in [-0.15, -0.1) is 0 Å². The number of aryl methyl sites for hydroxylation is 1. The van der Waals surface area contributed by atoms with Gasteiger partial charge in [0, 0.05) is 37.6 Å². The first kappa shape index (κ1) is 25.5. The number of benzene rings is 2. The fourth-order valence-electron chi connectivity index (χ4n) is 5.05. The zero-order valence-corrected chi connectivity index (χ0v) is 21.5. The minimum absolute atomic E-state index is 0.153. The number of likely N-dealkylation sites (tertiary alicyclic amines) is 1. The molecule has 4 rings (SSSR count). The highest BCUT2D eigenvalue weighted by Crippen LogP contribution is 2.46. The average Bonchev–Trinajstić information content (AvgIpc) is 3.59. The van der Waals surface area contributed by atoms with Crippen LogP contribution in [0.4, 0.5) is 4.79 Å². The molecule has 1 heterocycles. The van der Waals surface area contributed by atoms with Crippen LogP contribution >= 0.6 is 0 Å². The van der Waals surface area contributed by atoms with E-state index in [0.717, 1.165) is 43.7 Å². The molecule has 1 saturated heterocycles. The molecule has 1 N–H and O–H groups in total. The van der Waals surface area contributed by atoms with Crippen LogP contribution in [-0.4, -0.2) is 71.0 Å². The molecule has 3 atom stereocenters. The number of β-amino-alcohol motifs (C(OH)–C–C–N with tert-alkyl or cyclic N) is 1. The van der Waals surface area contributed by atoms with Crippen molar-refractivity contribution < 1.29 is 19.4 Å². The molecule has 2 aromatic carbocycles. The van der Waals surface area contributed by atoms with E-state index in [1.807, 2.05) is 62.9 Å². The molecule has 0 radical (unpaired) electrons. The number of amides is 1. The molecule has 1 amide bonds. The highest BCUT2D eigenvalue weighted by atomic mass is 16.6. The normalized spacial score (nSPS) is 21.9. The molecule has 2 aromatic rings. The van der Waals surface area contributed by atoms with Crippen molar-refractivity contribution in [2.24, 2.45) is 0 Å². The van der Waals surface area contributed by atoms with E-state index in [0.29, 0.717) is 12.5 Å². The lowest BCUT2D eigenvalue weighted by atomic mass is 10.0. The van der Waals surface area contributed by atoms with Gasteiger partial charge in [0.1, 0.15) is 24.1 Å². The summed E-state index contributed by atoms with van der Waals surface area (Å²) in [6.45, 7) is 10.3. The molecule has 0 spiro atoms. The van der Waals surface area contributed by atoms with Gasteiger partial charge in [-0.25, -0.2) is 4.79 Å². The van der Waals surface area contributed by atoms with E-state index in [-0.39, 0.29) is 24.8 Å². The van der Waals surface area contributed by atoms with Crippen LogP contribution in [0.5, 0.6) is 5.75 Å². The summed E-state index contributed by atoms with van der Waals surface area (Å²) in [5.41, 5.74) is 1.91. The van der Waals surface area contributed by atoms with Crippen molar-refractivity contribution in [3.8, 4) is 5.75 Å². The molecule has 1 unspecified atom stereocenters. The van der Waals surface area contributed by atoms with Crippen LogP contribution in [0.15, 0.2) is 54.6 Å². The highest BCUT2D eigenvalue weighted by Gasteiger charge is 2.48. The molecule has 0 bridgehead atoms. The summed E-state index contributed by atoms with van der Waals surface area (Å²) < 4.78 is 11.6. The Morgan fingerprint density at radius 2 is 1.83 bits per heavy atom. The van der Waals surface area contributed by atoms with Crippen molar-refractivity contribution in [2.45, 2.75) is 76.7 Å². The van der Waals surface area contributed by atoms with Gasteiger partial charge in [0.05, 0.1) is 0 Å². The van der Waals surface area contributed by atoms with E-state index in [2.05, 4.69) is 29.2 Å². The monoisotopic (exact) mass is 480 g/mol. The second kappa shape index (κ2) is 11.0. The summed E-state index contributed by atoms with van der Waals surface area (Å²) >= 11 is 0. The number of nitrogens with zero attached hydrogens (tertiary/aromatic N) is 2. The Kier molecular flexibility index (Phi) is 8.02. The van der Waals surface area contributed by atoms with E-state index in [4.69, 9.17) is 9.47 Å². The van der Waals surface area contributed by atoms with Gasteiger partial charge in [-0.05, 0) is 70.2 Å². The maximum Gasteiger partial charge on any atom is 0.410 e. The first-order valence-electron chi connectivity index (χ1n) is 12.9. The minimum Gasteiger partial charge on any atom is -0.491 e. The summed E-state index contributed by atoms with van der Waals surface area (Å²) in [7, 11) is 0. The van der Waals surface area contributed by atoms with Crippen LogP contribution in [-0.2, 0) is 4.74 Å². The Balaban J connectivity index is 1.31. The van der Waals surface area contributed by atoms with Crippen LogP contribution < -0.4 is 4.74 Å². The summed E-state index contributed by atoms with van der Waals surface area (Å²) in [6.07, 6.45) is 1.98. The van der Waals surface area contributed by atoms with E-state index in [1.54, 1.807) is 0 Å². The second-order valence-corrected chi connectivity index (χ2v) is 11.0. The Bertz CT molecular complexity index is 966. The maximum atomic E-state index is 13.3. The van der Waals surface area contributed by atoms with E-state index >= 15 is 0 Å². The summed E-state index contributed by atoms with van der Waals surface area (Å²) in [5, 5.41) is 10.5. The molecule has 6 nitrogen and oxygen atoms in total. The molecule has 190 valence electrons. The first-order chi connectivity index (χ1) is 16.7. The second-order valence-electron chi connectivity index (χ2n) is 11.0. The SMILES string of the molecule is Cc1cccc(OCC(O)CN2CCC(N(C(=O)OC(C)(C)C)[C@@H]3C[C@H]3c3ccccc3)CC2)c1. The molecule has 2 fully saturated rings. The molecule has 2 aliphatic rings. The number of hydrogen-bond donors (Lipinski definition) is 1. The molecule has 0 aromatic heterocycles. The lowest BCUT2D eigenvalue weighted by molar-refractivity contribution is 0.000850. The number of aliphatic hydroxyl groups is 1. The van der Waals surface area contributed by atoms with E-state index < -0.39 is 11.7 Å². The number of hydrogen-bond acceptors (Lipinski definition) is 5. The van der Waals surface area contributed by atoms with E-state index in [1.165, 1.54) is 5.56 Å². The van der Waals surface area contributed by atoms with Gasteiger partial charge < -0.3 is 24.4 Å². The van der Waals surface area contributed by atoms with Crippen LogP contribution in [0.2, 0.25) is 0 Å². The van der Waals surface area contributed by atoms with Gasteiger partial charge in [-0.3, -0.25) is 0 Å². The molecular weight excluding hydrogens is 440 g/mol. The Hall–Kier alpha value is -2.57. The van der Waals surface area contributed by atoms with Crippen LogP contribution in [0, 0.1) is 6.92 Å². The Morgan fingerprint density at radius 1 is 1.11 bits per heavy atom. The largest absolute Gasteiger partial charge is 0.491 e. The molecule has 35 heavy (non-hydrogen) atoms. The van der Waals surface area contributed by atoms with Crippen molar-refractivity contribution in [2.75, 3.05) is 26.2 Å². The lowest BCUT2D eigenvalue weighted by Gasteiger charge is -2.40. The highest BCUT2D eigenvalue weighted by molar-refractivity contribution is 5.70. The molecular formula is C29H40N2O4. The molecule has 1 aliphatic carbocycles. The van der Waals surface area contributed by atoms with Crippen LogP contribution in [0.25, 0.3) is 0 Å². The third-order valence-electron chi connectivity index (χ3n) is 6.80. The number of piperidine rings is 1. The average molecular weight is 481 g/mol. The van der Waals surface area contributed by atoms with Crippen LogP contribution in [0.3, 0.4) is 0 Å². The number of carbonyl (C=O) groups is 1. The third kappa shape index (κ3) is 7.21. The molecule has 1 saturated carbocycles. The standard InChI is InChI=1S/C29H40N2O4/c1-21-9-8-12-25(17-21)34-20-24(32)19-30-15-13-23(14-16-30)31(28(33)35-29(2,3)4)27-18-26(27)22-10-6-5-7-11-22/h5-12,17,23-24,26-27,32H,13-16,18-20H2,1-4H3/t24?,26-,27+/m0/s1. The summed E-state index contributed by atoms with van der Waals surface area (Å²) in [5.74, 6) is 1.16. The van der Waals surface area contributed by atoms with Crippen molar-refractivity contribution >= 4 is 6.09 Å². The topological polar surface area (TPSA) is 62.2 Å². The Morgan fingerprint density at radius 3 is 2.49 bits per heavy atom. The number of ether oxygens (including phenoxy) is 2. The predicted molar refractivity (Wildman–Crippen MR) is 138 cm³/mol. The Labute approximate surface area is 209 Å². The predicted octanol–water partition coefficient (Wildman–Crippen LogP) is 4.99. The smallest absolute Gasteiger partial charge is 0.410 e. The van der Waals surface area contributed by atoms with Crippen LogP contribution in [0.1, 0.15) is 57.1 Å². The zero-order chi connectivity index (χ0) is 25.0. The molecule has 1 aliphatic heterocycles. The first-order valence-corrected chi connectivity index (χ1v) is 12.9. The number of aliphatic hydroxyl groups excluding tert-OH is 1. The van der Waals surface area contributed by atoms with Gasteiger partial charge in [0.25, 0.3) is 0 Å². The van der Waals surface area contributed by atoms with E-state index in [9.17, 15) is 9.90 Å². The van der Waals surface area contributed by atoms with Crippen molar-refractivity contribution in [1.82, 2.24) is 9.80 Å². The lowest BCUT2D eigenvalue weighted by Crippen LogP contribution is -2.51. The zero-order valence-electron chi connectivity index (χ0n) is 21.5. The summed E-state index contributed by atoms with van der Waals surface area (Å²) in [6, 6.07) is 18.7. The minimum atomic E-state index is -0.556. The van der Waals surface area contributed by atoms with Crippen molar-refractivity contribution in [3.63, 3.8) is 0 Å². The van der Waals surface area contributed by atoms with Crippen molar-refractivity contribution in [3.05, 3.63) is 65.7 Å². The fourth-order valence-corrected chi connectivity index (χ4v) is 5.05. The van der Waals surface area contributed by atoms with Gasteiger partial charge in [0.15, 0.2) is 0 Å². The quantitative estimate of drug-likeness (QED) is 0.577. The van der Waals surface area contributed by atoms with Gasteiger partial charge in [0.2, 0.25) is 0 Å². The van der Waals surface area contributed by atoms with Crippen molar-refractivity contribution in [1.29, 1.82) is 0 Å². The number of carbonyl (C=O) groups excluding carboxylic acids is 1. The third-order valence-corrected chi connectivity index (χ3v) is 6.80. The fraction of sp³-hybridized carbons (Fsp3) is 0.552. The molecule has 6 heteroatoms. The van der Waals surface area contributed by atoms with Gasteiger partial charge >= 0.3 is 6.09 Å². The van der Waals surface area contributed by atoms with Gasteiger partial charge in [-0.1, -0.05) is 42.5 Å². The maximum absolute atomic E-state index is 13.3. The van der Waals surface area contributed by atoms with Gasteiger partial charge in [-0.2, -0.15) is 0 Å². The number of rotatable bonds is 8.